The SMILES string of the molecule is COc1ccc(C)cc1N1C(C)CNCC1CO. The molecule has 2 rings (SSSR count). The van der Waals surface area contributed by atoms with Crippen molar-refractivity contribution in [3.8, 4) is 5.75 Å². The Kier molecular flexibility index (Phi) is 4.09. The normalized spacial score (nSPS) is 24.1. The van der Waals surface area contributed by atoms with Crippen molar-refractivity contribution in [1.82, 2.24) is 5.32 Å². The number of aryl methyl sites for hydroxylation is 1. The number of benzene rings is 1. The lowest BCUT2D eigenvalue weighted by molar-refractivity contribution is 0.234. The standard InChI is InChI=1S/C14H22N2O2/c1-10-4-5-14(18-3)13(6-10)16-11(2)7-15-8-12(16)9-17/h4-6,11-12,15,17H,7-9H2,1-3H3. The zero-order valence-corrected chi connectivity index (χ0v) is 11.3. The Bertz CT molecular complexity index is 409. The van der Waals surface area contributed by atoms with Crippen LogP contribution in [0, 0.1) is 6.92 Å². The molecule has 0 spiro atoms. The van der Waals surface area contributed by atoms with E-state index >= 15 is 0 Å². The van der Waals surface area contributed by atoms with E-state index in [2.05, 4.69) is 30.1 Å². The lowest BCUT2D eigenvalue weighted by Gasteiger charge is -2.42. The Morgan fingerprint density at radius 1 is 1.44 bits per heavy atom. The van der Waals surface area contributed by atoms with Crippen molar-refractivity contribution < 1.29 is 9.84 Å². The highest BCUT2D eigenvalue weighted by Gasteiger charge is 2.29. The van der Waals surface area contributed by atoms with E-state index in [0.29, 0.717) is 6.04 Å². The third kappa shape index (κ3) is 2.44. The number of piperazine rings is 1. The molecule has 1 aromatic carbocycles. The highest BCUT2D eigenvalue weighted by molar-refractivity contribution is 5.61. The molecule has 1 aliphatic rings. The van der Waals surface area contributed by atoms with Gasteiger partial charge in [-0.1, -0.05) is 6.07 Å². The maximum Gasteiger partial charge on any atom is 0.142 e. The van der Waals surface area contributed by atoms with E-state index in [0.717, 1.165) is 24.5 Å². The van der Waals surface area contributed by atoms with Gasteiger partial charge in [0.2, 0.25) is 0 Å². The van der Waals surface area contributed by atoms with Crippen LogP contribution in [0.5, 0.6) is 5.75 Å². The second-order valence-electron chi connectivity index (χ2n) is 4.93. The van der Waals surface area contributed by atoms with Gasteiger partial charge in [0.1, 0.15) is 5.75 Å². The Balaban J connectivity index is 2.40. The Labute approximate surface area is 109 Å². The summed E-state index contributed by atoms with van der Waals surface area (Å²) in [6.45, 7) is 6.11. The summed E-state index contributed by atoms with van der Waals surface area (Å²) in [6, 6.07) is 6.61. The summed E-state index contributed by atoms with van der Waals surface area (Å²) in [4.78, 5) is 2.27. The van der Waals surface area contributed by atoms with Crippen molar-refractivity contribution in [2.24, 2.45) is 0 Å². The maximum atomic E-state index is 9.55. The zero-order valence-electron chi connectivity index (χ0n) is 11.3. The minimum Gasteiger partial charge on any atom is -0.495 e. The van der Waals surface area contributed by atoms with E-state index in [1.807, 2.05) is 12.1 Å². The van der Waals surface area contributed by atoms with E-state index in [1.54, 1.807) is 7.11 Å². The van der Waals surface area contributed by atoms with Gasteiger partial charge in [0.05, 0.1) is 25.4 Å². The van der Waals surface area contributed by atoms with Gasteiger partial charge in [0, 0.05) is 19.1 Å². The van der Waals surface area contributed by atoms with E-state index < -0.39 is 0 Å². The van der Waals surface area contributed by atoms with Crippen LogP contribution in [0.3, 0.4) is 0 Å². The molecule has 2 unspecified atom stereocenters. The fraction of sp³-hybridized carbons (Fsp3) is 0.571. The third-order valence-corrected chi connectivity index (χ3v) is 3.51. The van der Waals surface area contributed by atoms with Gasteiger partial charge in [0.15, 0.2) is 0 Å². The highest BCUT2D eigenvalue weighted by atomic mass is 16.5. The van der Waals surface area contributed by atoms with Gasteiger partial charge < -0.3 is 20.1 Å². The van der Waals surface area contributed by atoms with Gasteiger partial charge >= 0.3 is 0 Å². The quantitative estimate of drug-likeness (QED) is 0.845. The van der Waals surface area contributed by atoms with Crippen molar-refractivity contribution in [1.29, 1.82) is 0 Å². The number of anilines is 1. The molecule has 1 aliphatic heterocycles. The van der Waals surface area contributed by atoms with E-state index in [-0.39, 0.29) is 12.6 Å². The molecule has 2 N–H and O–H groups in total. The topological polar surface area (TPSA) is 44.7 Å². The minimum atomic E-state index is 0.101. The van der Waals surface area contributed by atoms with Crippen molar-refractivity contribution in [3.63, 3.8) is 0 Å². The molecular formula is C14H22N2O2. The van der Waals surface area contributed by atoms with Crippen LogP contribution in [0.2, 0.25) is 0 Å². The van der Waals surface area contributed by atoms with Gasteiger partial charge in [-0.15, -0.1) is 0 Å². The fourth-order valence-electron chi connectivity index (χ4n) is 2.60. The maximum absolute atomic E-state index is 9.55. The van der Waals surface area contributed by atoms with Crippen molar-refractivity contribution in [3.05, 3.63) is 23.8 Å². The summed E-state index contributed by atoms with van der Waals surface area (Å²) < 4.78 is 5.45. The molecule has 0 aromatic heterocycles. The zero-order chi connectivity index (χ0) is 13.1. The highest BCUT2D eigenvalue weighted by Crippen LogP contribution is 2.32. The molecule has 0 aliphatic carbocycles. The molecule has 4 heteroatoms. The van der Waals surface area contributed by atoms with Gasteiger partial charge in [-0.05, 0) is 31.5 Å². The molecule has 0 saturated carbocycles. The Hall–Kier alpha value is -1.26. The summed E-state index contributed by atoms with van der Waals surface area (Å²) in [7, 11) is 1.69. The monoisotopic (exact) mass is 250 g/mol. The second-order valence-corrected chi connectivity index (χ2v) is 4.93. The summed E-state index contributed by atoms with van der Waals surface area (Å²) in [5, 5.41) is 12.9. The first-order valence-corrected chi connectivity index (χ1v) is 6.42. The first kappa shape index (κ1) is 13.2. The molecule has 4 nitrogen and oxygen atoms in total. The second kappa shape index (κ2) is 5.59. The number of nitrogens with zero attached hydrogens (tertiary/aromatic N) is 1. The minimum absolute atomic E-state index is 0.101. The van der Waals surface area contributed by atoms with Gasteiger partial charge in [-0.3, -0.25) is 0 Å². The largest absolute Gasteiger partial charge is 0.495 e. The molecule has 1 fully saturated rings. The molecule has 0 amide bonds. The molecular weight excluding hydrogens is 228 g/mol. The predicted molar refractivity (Wildman–Crippen MR) is 73.4 cm³/mol. The van der Waals surface area contributed by atoms with Gasteiger partial charge in [-0.25, -0.2) is 0 Å². The average Bonchev–Trinajstić information content (AvgIpc) is 2.38. The lowest BCUT2D eigenvalue weighted by atomic mass is 10.1. The summed E-state index contributed by atoms with van der Waals surface area (Å²) in [6.07, 6.45) is 0. The predicted octanol–water partition coefficient (Wildman–Crippen LogP) is 1.16. The Morgan fingerprint density at radius 2 is 2.22 bits per heavy atom. The molecule has 0 bridgehead atoms. The van der Waals surface area contributed by atoms with Crippen LogP contribution < -0.4 is 15.0 Å². The van der Waals surface area contributed by atoms with Crippen molar-refractivity contribution in [2.45, 2.75) is 25.9 Å². The summed E-state index contributed by atoms with van der Waals surface area (Å²) >= 11 is 0. The van der Waals surface area contributed by atoms with Crippen molar-refractivity contribution in [2.75, 3.05) is 31.7 Å². The molecule has 1 aromatic rings. The van der Waals surface area contributed by atoms with Crippen LogP contribution in [0.25, 0.3) is 0 Å². The number of aliphatic hydroxyl groups excluding tert-OH is 1. The number of nitrogens with one attached hydrogen (secondary N) is 1. The summed E-state index contributed by atoms with van der Waals surface area (Å²) in [5.74, 6) is 0.868. The van der Waals surface area contributed by atoms with Crippen LogP contribution >= 0.6 is 0 Å². The number of rotatable bonds is 3. The van der Waals surface area contributed by atoms with Crippen LogP contribution in [0.1, 0.15) is 12.5 Å². The van der Waals surface area contributed by atoms with E-state index in [4.69, 9.17) is 4.74 Å². The lowest BCUT2D eigenvalue weighted by Crippen LogP contribution is -2.58. The third-order valence-electron chi connectivity index (χ3n) is 3.51. The summed E-state index contributed by atoms with van der Waals surface area (Å²) in [5.41, 5.74) is 2.28. The number of ether oxygens (including phenoxy) is 1. The van der Waals surface area contributed by atoms with Crippen LogP contribution in [0.15, 0.2) is 18.2 Å². The molecule has 18 heavy (non-hydrogen) atoms. The molecule has 1 heterocycles. The number of methoxy groups -OCH3 is 1. The van der Waals surface area contributed by atoms with Crippen molar-refractivity contribution >= 4 is 5.69 Å². The average molecular weight is 250 g/mol. The molecule has 1 saturated heterocycles. The Morgan fingerprint density at radius 3 is 2.89 bits per heavy atom. The number of aliphatic hydroxyl groups is 1. The number of hydrogen-bond donors (Lipinski definition) is 2. The number of hydrogen-bond acceptors (Lipinski definition) is 4. The fourth-order valence-corrected chi connectivity index (χ4v) is 2.60. The van der Waals surface area contributed by atoms with Crippen LogP contribution in [-0.2, 0) is 0 Å². The van der Waals surface area contributed by atoms with Gasteiger partial charge in [-0.2, -0.15) is 0 Å². The molecule has 2 atom stereocenters. The molecule has 0 radical (unpaired) electrons. The first-order chi connectivity index (χ1) is 8.67. The van der Waals surface area contributed by atoms with Crippen LogP contribution in [0.4, 0.5) is 5.69 Å². The first-order valence-electron chi connectivity index (χ1n) is 6.42. The smallest absolute Gasteiger partial charge is 0.142 e. The molecule has 100 valence electrons. The van der Waals surface area contributed by atoms with E-state index in [1.165, 1.54) is 5.56 Å². The van der Waals surface area contributed by atoms with Crippen LogP contribution in [-0.4, -0.2) is 44.0 Å². The van der Waals surface area contributed by atoms with Gasteiger partial charge in [0.25, 0.3) is 0 Å². The van der Waals surface area contributed by atoms with E-state index in [9.17, 15) is 5.11 Å².